The zero-order valence-electron chi connectivity index (χ0n) is 11.1. The summed E-state index contributed by atoms with van der Waals surface area (Å²) in [5.41, 5.74) is 5.65. The largest absolute Gasteiger partial charge is 0.391 e. The van der Waals surface area contributed by atoms with E-state index in [-0.39, 0.29) is 24.1 Å². The van der Waals surface area contributed by atoms with E-state index in [0.29, 0.717) is 25.8 Å². The van der Waals surface area contributed by atoms with E-state index in [1.807, 2.05) is 25.9 Å². The molecule has 0 bridgehead atoms. The third kappa shape index (κ3) is 4.61. The van der Waals surface area contributed by atoms with E-state index >= 15 is 0 Å². The van der Waals surface area contributed by atoms with E-state index in [2.05, 4.69) is 4.90 Å². The van der Waals surface area contributed by atoms with E-state index in [9.17, 15) is 9.90 Å². The summed E-state index contributed by atoms with van der Waals surface area (Å²) in [7, 11) is 3.96. The number of carbonyl (C=O) groups excluding carboxylic acids is 1. The van der Waals surface area contributed by atoms with E-state index in [0.717, 1.165) is 6.54 Å². The Labute approximate surface area is 104 Å². The van der Waals surface area contributed by atoms with Gasteiger partial charge in [0.05, 0.1) is 6.10 Å². The first-order valence-electron chi connectivity index (χ1n) is 6.28. The SMILES string of the molecule is CC(N)CCC(=O)N1CC(O)CC1CN(C)C. The fourth-order valence-electron chi connectivity index (χ4n) is 2.29. The average molecular weight is 243 g/mol. The Balaban J connectivity index is 2.51. The van der Waals surface area contributed by atoms with Gasteiger partial charge in [0, 0.05) is 31.6 Å². The Hall–Kier alpha value is -0.650. The molecule has 0 saturated carbocycles. The number of aliphatic hydroxyl groups is 1. The summed E-state index contributed by atoms with van der Waals surface area (Å²) in [4.78, 5) is 15.9. The molecule has 3 atom stereocenters. The second-order valence-electron chi connectivity index (χ2n) is 5.37. The van der Waals surface area contributed by atoms with Gasteiger partial charge in [0.1, 0.15) is 0 Å². The van der Waals surface area contributed by atoms with Crippen molar-refractivity contribution in [2.45, 2.75) is 44.4 Å². The molecule has 1 saturated heterocycles. The Morgan fingerprint density at radius 1 is 1.59 bits per heavy atom. The zero-order valence-corrected chi connectivity index (χ0v) is 11.1. The number of nitrogens with two attached hydrogens (primary N) is 1. The molecule has 1 aliphatic rings. The van der Waals surface area contributed by atoms with Crippen LogP contribution in [0.5, 0.6) is 0 Å². The van der Waals surface area contributed by atoms with Crippen molar-refractivity contribution >= 4 is 5.91 Å². The lowest BCUT2D eigenvalue weighted by atomic mass is 10.1. The van der Waals surface area contributed by atoms with Gasteiger partial charge in [0.2, 0.25) is 5.91 Å². The molecule has 3 N–H and O–H groups in total. The highest BCUT2D eigenvalue weighted by Gasteiger charge is 2.33. The quantitative estimate of drug-likeness (QED) is 0.692. The molecule has 5 nitrogen and oxygen atoms in total. The lowest BCUT2D eigenvalue weighted by Crippen LogP contribution is -2.41. The summed E-state index contributed by atoms with van der Waals surface area (Å²) in [6, 6.07) is 0.194. The third-order valence-corrected chi connectivity index (χ3v) is 3.10. The number of aliphatic hydroxyl groups excluding tert-OH is 1. The van der Waals surface area contributed by atoms with E-state index in [1.54, 1.807) is 0 Å². The van der Waals surface area contributed by atoms with E-state index in [4.69, 9.17) is 5.73 Å². The topological polar surface area (TPSA) is 69.8 Å². The van der Waals surface area contributed by atoms with Crippen LogP contribution >= 0.6 is 0 Å². The molecular weight excluding hydrogens is 218 g/mol. The minimum absolute atomic E-state index is 0.0544. The summed E-state index contributed by atoms with van der Waals surface area (Å²) in [6.45, 7) is 3.18. The molecule has 1 heterocycles. The van der Waals surface area contributed by atoms with Crippen LogP contribution in [-0.4, -0.2) is 66.2 Å². The summed E-state index contributed by atoms with van der Waals surface area (Å²) in [5.74, 6) is 0.116. The molecule has 0 aromatic carbocycles. The predicted molar refractivity (Wildman–Crippen MR) is 67.6 cm³/mol. The van der Waals surface area contributed by atoms with Gasteiger partial charge in [0.15, 0.2) is 0 Å². The van der Waals surface area contributed by atoms with Crippen LogP contribution in [-0.2, 0) is 4.79 Å². The van der Waals surface area contributed by atoms with Crippen LogP contribution in [0.25, 0.3) is 0 Å². The van der Waals surface area contributed by atoms with Crippen molar-refractivity contribution in [3.05, 3.63) is 0 Å². The fraction of sp³-hybridized carbons (Fsp3) is 0.917. The van der Waals surface area contributed by atoms with Crippen LogP contribution in [0.2, 0.25) is 0 Å². The van der Waals surface area contributed by atoms with Crippen LogP contribution < -0.4 is 5.73 Å². The minimum atomic E-state index is -0.376. The van der Waals surface area contributed by atoms with E-state index < -0.39 is 0 Å². The molecule has 1 rings (SSSR count). The molecule has 0 aliphatic carbocycles. The highest BCUT2D eigenvalue weighted by atomic mass is 16.3. The Morgan fingerprint density at radius 3 is 2.76 bits per heavy atom. The molecule has 0 radical (unpaired) electrons. The molecule has 100 valence electrons. The van der Waals surface area contributed by atoms with Gasteiger partial charge < -0.3 is 20.6 Å². The van der Waals surface area contributed by atoms with Crippen molar-refractivity contribution in [2.24, 2.45) is 5.73 Å². The van der Waals surface area contributed by atoms with Crippen LogP contribution in [0.1, 0.15) is 26.2 Å². The van der Waals surface area contributed by atoms with Gasteiger partial charge in [-0.05, 0) is 33.9 Å². The second kappa shape index (κ2) is 6.33. The lowest BCUT2D eigenvalue weighted by molar-refractivity contribution is -0.132. The van der Waals surface area contributed by atoms with Crippen LogP contribution in [0, 0.1) is 0 Å². The van der Waals surface area contributed by atoms with Crippen LogP contribution in [0.15, 0.2) is 0 Å². The highest BCUT2D eigenvalue weighted by molar-refractivity contribution is 5.77. The standard InChI is InChI=1S/C12H25N3O2/c1-9(13)4-5-12(17)15-8-11(16)6-10(15)7-14(2)3/h9-11,16H,4-8,13H2,1-3H3. The van der Waals surface area contributed by atoms with Gasteiger partial charge in [-0.25, -0.2) is 0 Å². The third-order valence-electron chi connectivity index (χ3n) is 3.10. The normalized spacial score (nSPS) is 26.6. The van der Waals surface area contributed by atoms with Gasteiger partial charge in [-0.15, -0.1) is 0 Å². The number of β-amino-alcohol motifs (C(OH)–C–C–N with tert-alkyl or cyclic N) is 1. The summed E-state index contributed by atoms with van der Waals surface area (Å²) in [5, 5.41) is 9.67. The molecule has 5 heteroatoms. The molecule has 0 aromatic rings. The Bertz CT molecular complexity index is 256. The van der Waals surface area contributed by atoms with Gasteiger partial charge in [-0.2, -0.15) is 0 Å². The number of likely N-dealkylation sites (tertiary alicyclic amines) is 1. The number of nitrogens with zero attached hydrogens (tertiary/aromatic N) is 2. The zero-order chi connectivity index (χ0) is 13.0. The smallest absolute Gasteiger partial charge is 0.223 e. The first kappa shape index (κ1) is 14.4. The maximum absolute atomic E-state index is 12.0. The maximum Gasteiger partial charge on any atom is 0.223 e. The Kier molecular flexibility index (Phi) is 5.36. The van der Waals surface area contributed by atoms with Crippen molar-refractivity contribution in [1.82, 2.24) is 9.80 Å². The van der Waals surface area contributed by atoms with E-state index in [1.165, 1.54) is 0 Å². The molecule has 1 aliphatic heterocycles. The van der Waals surface area contributed by atoms with Crippen LogP contribution in [0.3, 0.4) is 0 Å². The van der Waals surface area contributed by atoms with Gasteiger partial charge >= 0.3 is 0 Å². The summed E-state index contributed by atoms with van der Waals surface area (Å²) in [6.07, 6.45) is 1.50. The summed E-state index contributed by atoms with van der Waals surface area (Å²) >= 11 is 0. The van der Waals surface area contributed by atoms with Gasteiger partial charge in [0.25, 0.3) is 0 Å². The molecule has 0 spiro atoms. The number of likely N-dealkylation sites (N-methyl/N-ethyl adjacent to an activating group) is 1. The molecule has 0 aromatic heterocycles. The minimum Gasteiger partial charge on any atom is -0.391 e. The molecule has 17 heavy (non-hydrogen) atoms. The number of carbonyl (C=O) groups is 1. The highest BCUT2D eigenvalue weighted by Crippen LogP contribution is 2.20. The van der Waals surface area contributed by atoms with Gasteiger partial charge in [-0.1, -0.05) is 0 Å². The second-order valence-corrected chi connectivity index (χ2v) is 5.37. The van der Waals surface area contributed by atoms with Crippen molar-refractivity contribution in [2.75, 3.05) is 27.2 Å². The van der Waals surface area contributed by atoms with Gasteiger partial charge in [-0.3, -0.25) is 4.79 Å². The molecule has 1 fully saturated rings. The number of rotatable bonds is 5. The number of hydrogen-bond acceptors (Lipinski definition) is 4. The molecule has 1 amide bonds. The molecule has 3 unspecified atom stereocenters. The van der Waals surface area contributed by atoms with Crippen molar-refractivity contribution in [3.63, 3.8) is 0 Å². The first-order valence-corrected chi connectivity index (χ1v) is 6.28. The van der Waals surface area contributed by atoms with Crippen LogP contribution in [0.4, 0.5) is 0 Å². The van der Waals surface area contributed by atoms with Crippen molar-refractivity contribution in [3.8, 4) is 0 Å². The fourth-order valence-corrected chi connectivity index (χ4v) is 2.29. The van der Waals surface area contributed by atoms with Crippen molar-refractivity contribution < 1.29 is 9.90 Å². The molecular formula is C12H25N3O2. The monoisotopic (exact) mass is 243 g/mol. The first-order chi connectivity index (χ1) is 7.90. The average Bonchev–Trinajstić information content (AvgIpc) is 2.54. The maximum atomic E-state index is 12.0. The number of amides is 1. The van der Waals surface area contributed by atoms with Crippen molar-refractivity contribution in [1.29, 1.82) is 0 Å². The Morgan fingerprint density at radius 2 is 2.24 bits per heavy atom. The predicted octanol–water partition coefficient (Wildman–Crippen LogP) is -0.363. The summed E-state index contributed by atoms with van der Waals surface area (Å²) < 4.78 is 0. The lowest BCUT2D eigenvalue weighted by Gasteiger charge is -2.27. The number of hydrogen-bond donors (Lipinski definition) is 2.